The number of nitrogens with one attached hydrogen (secondary N) is 1. The van der Waals surface area contributed by atoms with Crippen molar-refractivity contribution in [1.29, 1.82) is 0 Å². The van der Waals surface area contributed by atoms with E-state index < -0.39 is 0 Å². The van der Waals surface area contributed by atoms with Gasteiger partial charge in [0.25, 0.3) is 0 Å². The zero-order valence-electron chi connectivity index (χ0n) is 13.1. The summed E-state index contributed by atoms with van der Waals surface area (Å²) in [5.74, 6) is 0.356. The number of nitrogens with two attached hydrogens (primary N) is 1. The van der Waals surface area contributed by atoms with Crippen LogP contribution >= 0.6 is 0 Å². The van der Waals surface area contributed by atoms with Crippen molar-refractivity contribution in [2.45, 2.75) is 76.9 Å². The van der Waals surface area contributed by atoms with E-state index in [1.807, 2.05) is 13.8 Å². The maximum absolute atomic E-state index is 12.2. The molecule has 0 bridgehead atoms. The summed E-state index contributed by atoms with van der Waals surface area (Å²) >= 11 is 0. The van der Waals surface area contributed by atoms with Gasteiger partial charge in [-0.3, -0.25) is 4.79 Å². The van der Waals surface area contributed by atoms with Crippen molar-refractivity contribution >= 4 is 5.91 Å². The van der Waals surface area contributed by atoms with Gasteiger partial charge in [0.05, 0.1) is 0 Å². The minimum absolute atomic E-state index is 0.121. The van der Waals surface area contributed by atoms with Gasteiger partial charge in [0, 0.05) is 37.1 Å². The standard InChI is InChI=1S/C16H31N3O/c1-12(4-3-5-13(2)17)16(20)18-14-8-10-19(11-9-14)15-6-7-15/h12-15H,3-11,17H2,1-2H3,(H,18,20). The minimum atomic E-state index is 0.121. The van der Waals surface area contributed by atoms with Crippen molar-refractivity contribution in [3.05, 3.63) is 0 Å². The minimum Gasteiger partial charge on any atom is -0.353 e. The van der Waals surface area contributed by atoms with Crippen LogP contribution in [0.4, 0.5) is 0 Å². The van der Waals surface area contributed by atoms with E-state index >= 15 is 0 Å². The molecule has 20 heavy (non-hydrogen) atoms. The Kier molecular flexibility index (Phi) is 5.85. The van der Waals surface area contributed by atoms with E-state index in [-0.39, 0.29) is 17.9 Å². The van der Waals surface area contributed by atoms with Gasteiger partial charge in [-0.1, -0.05) is 13.3 Å². The first kappa shape index (κ1) is 15.8. The number of hydrogen-bond donors (Lipinski definition) is 2. The molecule has 0 aromatic rings. The van der Waals surface area contributed by atoms with Crippen LogP contribution in [-0.2, 0) is 4.79 Å². The summed E-state index contributed by atoms with van der Waals surface area (Å²) in [6.07, 6.45) is 8.02. The van der Waals surface area contributed by atoms with Crippen LogP contribution in [0.15, 0.2) is 0 Å². The molecule has 0 aromatic heterocycles. The Morgan fingerprint density at radius 3 is 2.40 bits per heavy atom. The lowest BCUT2D eigenvalue weighted by molar-refractivity contribution is -0.125. The van der Waals surface area contributed by atoms with Crippen LogP contribution in [0.3, 0.4) is 0 Å². The maximum atomic E-state index is 12.2. The molecule has 2 unspecified atom stereocenters. The normalized spacial score (nSPS) is 24.4. The van der Waals surface area contributed by atoms with Crippen molar-refractivity contribution in [1.82, 2.24) is 10.2 Å². The molecular formula is C16H31N3O. The Morgan fingerprint density at radius 1 is 1.20 bits per heavy atom. The molecule has 2 fully saturated rings. The SMILES string of the molecule is CC(N)CCCC(C)C(=O)NC1CCN(C2CC2)CC1. The Balaban J connectivity index is 1.61. The van der Waals surface area contributed by atoms with E-state index in [4.69, 9.17) is 5.73 Å². The zero-order valence-corrected chi connectivity index (χ0v) is 13.1. The van der Waals surface area contributed by atoms with Gasteiger partial charge < -0.3 is 16.0 Å². The Bertz CT molecular complexity index is 307. The number of carbonyl (C=O) groups excluding carboxylic acids is 1. The molecule has 0 aromatic carbocycles. The van der Waals surface area contributed by atoms with Crippen molar-refractivity contribution in [2.24, 2.45) is 11.7 Å². The first-order valence-electron chi connectivity index (χ1n) is 8.36. The zero-order chi connectivity index (χ0) is 14.5. The van der Waals surface area contributed by atoms with E-state index in [0.29, 0.717) is 6.04 Å². The quantitative estimate of drug-likeness (QED) is 0.749. The fourth-order valence-electron chi connectivity index (χ4n) is 3.07. The second-order valence-corrected chi connectivity index (χ2v) is 6.86. The van der Waals surface area contributed by atoms with Gasteiger partial charge in [-0.15, -0.1) is 0 Å². The number of likely N-dealkylation sites (tertiary alicyclic amines) is 1. The van der Waals surface area contributed by atoms with Gasteiger partial charge in [-0.05, 0) is 45.4 Å². The van der Waals surface area contributed by atoms with Crippen LogP contribution in [0.2, 0.25) is 0 Å². The van der Waals surface area contributed by atoms with E-state index in [2.05, 4.69) is 10.2 Å². The van der Waals surface area contributed by atoms with E-state index in [1.54, 1.807) is 0 Å². The Labute approximate surface area is 123 Å². The number of amides is 1. The lowest BCUT2D eigenvalue weighted by Gasteiger charge is -2.32. The fraction of sp³-hybridized carbons (Fsp3) is 0.938. The average molecular weight is 281 g/mol. The Morgan fingerprint density at radius 2 is 1.85 bits per heavy atom. The van der Waals surface area contributed by atoms with Crippen LogP contribution in [-0.4, -0.2) is 42.0 Å². The van der Waals surface area contributed by atoms with Gasteiger partial charge in [-0.25, -0.2) is 0 Å². The topological polar surface area (TPSA) is 58.4 Å². The summed E-state index contributed by atoms with van der Waals surface area (Å²) < 4.78 is 0. The molecule has 1 aliphatic heterocycles. The first-order chi connectivity index (χ1) is 9.56. The van der Waals surface area contributed by atoms with Crippen LogP contribution in [0.5, 0.6) is 0 Å². The molecule has 1 amide bonds. The average Bonchev–Trinajstić information content (AvgIpc) is 3.23. The molecule has 116 valence electrons. The third-order valence-corrected chi connectivity index (χ3v) is 4.68. The van der Waals surface area contributed by atoms with E-state index in [0.717, 1.165) is 51.2 Å². The van der Waals surface area contributed by atoms with Crippen LogP contribution in [0, 0.1) is 5.92 Å². The highest BCUT2D eigenvalue weighted by atomic mass is 16.1. The van der Waals surface area contributed by atoms with Gasteiger partial charge in [0.2, 0.25) is 5.91 Å². The molecule has 4 heteroatoms. The number of hydrogen-bond acceptors (Lipinski definition) is 3. The van der Waals surface area contributed by atoms with E-state index in [9.17, 15) is 4.79 Å². The summed E-state index contributed by atoms with van der Waals surface area (Å²) in [6, 6.07) is 1.51. The largest absolute Gasteiger partial charge is 0.353 e. The number of carbonyl (C=O) groups is 1. The van der Waals surface area contributed by atoms with Gasteiger partial charge in [0.1, 0.15) is 0 Å². The lowest BCUT2D eigenvalue weighted by Crippen LogP contribution is -2.46. The van der Waals surface area contributed by atoms with Crippen molar-refractivity contribution in [3.63, 3.8) is 0 Å². The summed E-state index contributed by atoms with van der Waals surface area (Å²) in [6.45, 7) is 6.39. The smallest absolute Gasteiger partial charge is 0.223 e. The summed E-state index contributed by atoms with van der Waals surface area (Å²) in [4.78, 5) is 14.8. The molecule has 2 aliphatic rings. The summed E-state index contributed by atoms with van der Waals surface area (Å²) in [5, 5.41) is 3.24. The number of rotatable bonds is 7. The molecule has 1 saturated heterocycles. The molecule has 4 nitrogen and oxygen atoms in total. The van der Waals surface area contributed by atoms with Gasteiger partial charge in [0.15, 0.2) is 0 Å². The molecule has 2 atom stereocenters. The molecule has 1 heterocycles. The molecule has 1 aliphatic carbocycles. The molecule has 0 radical (unpaired) electrons. The predicted molar refractivity (Wildman–Crippen MR) is 82.4 cm³/mol. The molecule has 3 N–H and O–H groups in total. The monoisotopic (exact) mass is 281 g/mol. The molecular weight excluding hydrogens is 250 g/mol. The van der Waals surface area contributed by atoms with Crippen LogP contribution in [0.1, 0.15) is 58.8 Å². The lowest BCUT2D eigenvalue weighted by atomic mass is 9.99. The number of nitrogens with zero attached hydrogens (tertiary/aromatic N) is 1. The highest BCUT2D eigenvalue weighted by molar-refractivity contribution is 5.78. The second-order valence-electron chi connectivity index (χ2n) is 6.86. The van der Waals surface area contributed by atoms with Crippen LogP contribution < -0.4 is 11.1 Å². The summed E-state index contributed by atoms with van der Waals surface area (Å²) in [5.41, 5.74) is 5.74. The molecule has 1 saturated carbocycles. The second kappa shape index (κ2) is 7.41. The van der Waals surface area contributed by atoms with Crippen molar-refractivity contribution in [3.8, 4) is 0 Å². The third-order valence-electron chi connectivity index (χ3n) is 4.68. The summed E-state index contributed by atoms with van der Waals surface area (Å²) in [7, 11) is 0. The predicted octanol–water partition coefficient (Wildman–Crippen LogP) is 1.88. The molecule has 2 rings (SSSR count). The Hall–Kier alpha value is -0.610. The fourth-order valence-corrected chi connectivity index (χ4v) is 3.07. The maximum Gasteiger partial charge on any atom is 0.223 e. The first-order valence-corrected chi connectivity index (χ1v) is 8.36. The van der Waals surface area contributed by atoms with Crippen molar-refractivity contribution < 1.29 is 4.79 Å². The van der Waals surface area contributed by atoms with Crippen LogP contribution in [0.25, 0.3) is 0 Å². The number of piperidine rings is 1. The third kappa shape index (κ3) is 5.06. The van der Waals surface area contributed by atoms with Crippen molar-refractivity contribution in [2.75, 3.05) is 13.1 Å². The van der Waals surface area contributed by atoms with Gasteiger partial charge in [-0.2, -0.15) is 0 Å². The highest BCUT2D eigenvalue weighted by Crippen LogP contribution is 2.29. The molecule has 0 spiro atoms. The highest BCUT2D eigenvalue weighted by Gasteiger charge is 2.32. The van der Waals surface area contributed by atoms with E-state index in [1.165, 1.54) is 12.8 Å². The van der Waals surface area contributed by atoms with Gasteiger partial charge >= 0.3 is 0 Å².